The van der Waals surface area contributed by atoms with Gasteiger partial charge in [-0.2, -0.15) is 0 Å². The van der Waals surface area contributed by atoms with Crippen LogP contribution in [0.15, 0.2) is 30.3 Å². The van der Waals surface area contributed by atoms with Crippen LogP contribution >= 0.6 is 0 Å². The first-order valence-corrected chi connectivity index (χ1v) is 9.98. The third kappa shape index (κ3) is 4.08. The molecule has 0 saturated heterocycles. The van der Waals surface area contributed by atoms with E-state index in [2.05, 4.69) is 0 Å². The molecule has 2 aromatic carbocycles. The maximum atomic E-state index is 13.3. The fourth-order valence-corrected chi connectivity index (χ4v) is 3.80. The number of carbonyl (C=O) groups is 4. The highest BCUT2D eigenvalue weighted by atomic mass is 16.5. The maximum Gasteiger partial charge on any atom is 0.313 e. The monoisotopic (exact) mass is 424 g/mol. The second-order valence-corrected chi connectivity index (χ2v) is 7.27. The van der Waals surface area contributed by atoms with Crippen molar-refractivity contribution < 1.29 is 33.4 Å². The number of esters is 1. The molecule has 0 N–H and O–H groups in total. The lowest BCUT2D eigenvalue weighted by Gasteiger charge is -2.23. The molecule has 1 unspecified atom stereocenters. The normalized spacial score (nSPS) is 13.2. The largest absolute Gasteiger partial charge is 0.496 e. The molecular weight excluding hydrogens is 400 g/mol. The second kappa shape index (κ2) is 9.12. The van der Waals surface area contributed by atoms with Crippen molar-refractivity contribution in [3.63, 3.8) is 0 Å². The number of hydrogen-bond donors (Lipinski definition) is 0. The SMILES string of the molecule is CCOC(=O)CC(=O)C(C)Cc1ccc2c(c1OC)C(=O)c1cccc(OC)c1C2=O. The molecule has 0 aromatic heterocycles. The van der Waals surface area contributed by atoms with Crippen LogP contribution in [0.3, 0.4) is 0 Å². The zero-order chi connectivity index (χ0) is 22.7. The summed E-state index contributed by atoms with van der Waals surface area (Å²) in [6.45, 7) is 3.59. The molecule has 2 aromatic rings. The number of ether oxygens (including phenoxy) is 3. The van der Waals surface area contributed by atoms with Crippen molar-refractivity contribution in [3.8, 4) is 11.5 Å². The average molecular weight is 424 g/mol. The molecule has 0 aliphatic heterocycles. The van der Waals surface area contributed by atoms with E-state index in [1.165, 1.54) is 14.2 Å². The van der Waals surface area contributed by atoms with Gasteiger partial charge in [-0.25, -0.2) is 0 Å². The minimum atomic E-state index is -0.567. The van der Waals surface area contributed by atoms with Crippen molar-refractivity contribution >= 4 is 23.3 Å². The van der Waals surface area contributed by atoms with Crippen LogP contribution in [0.2, 0.25) is 0 Å². The molecule has 0 heterocycles. The Hall–Kier alpha value is -3.48. The highest BCUT2D eigenvalue weighted by Crippen LogP contribution is 2.39. The smallest absolute Gasteiger partial charge is 0.313 e. The number of carbonyl (C=O) groups excluding carboxylic acids is 4. The minimum absolute atomic E-state index is 0.177. The Morgan fingerprint density at radius 3 is 2.26 bits per heavy atom. The van der Waals surface area contributed by atoms with Gasteiger partial charge in [-0.1, -0.05) is 25.1 Å². The lowest BCUT2D eigenvalue weighted by atomic mass is 9.81. The Kier molecular flexibility index (Phi) is 6.53. The van der Waals surface area contributed by atoms with Crippen LogP contribution in [0.25, 0.3) is 0 Å². The third-order valence-electron chi connectivity index (χ3n) is 5.33. The van der Waals surface area contributed by atoms with Crippen molar-refractivity contribution in [2.45, 2.75) is 26.7 Å². The second-order valence-electron chi connectivity index (χ2n) is 7.27. The van der Waals surface area contributed by atoms with Gasteiger partial charge in [0.05, 0.1) is 32.0 Å². The molecule has 31 heavy (non-hydrogen) atoms. The van der Waals surface area contributed by atoms with Gasteiger partial charge in [0.25, 0.3) is 0 Å². The van der Waals surface area contributed by atoms with Gasteiger partial charge in [0, 0.05) is 17.0 Å². The Bertz CT molecular complexity index is 1070. The van der Waals surface area contributed by atoms with Crippen LogP contribution in [-0.4, -0.2) is 44.1 Å². The predicted molar refractivity (Wildman–Crippen MR) is 112 cm³/mol. The average Bonchev–Trinajstić information content (AvgIpc) is 2.76. The van der Waals surface area contributed by atoms with Crippen molar-refractivity contribution in [3.05, 3.63) is 58.1 Å². The fourth-order valence-electron chi connectivity index (χ4n) is 3.80. The number of fused-ring (bicyclic) bond motifs is 2. The summed E-state index contributed by atoms with van der Waals surface area (Å²) in [7, 11) is 2.87. The summed E-state index contributed by atoms with van der Waals surface area (Å²) in [5, 5.41) is 0. The summed E-state index contributed by atoms with van der Waals surface area (Å²) in [4.78, 5) is 50.4. The molecule has 1 aliphatic carbocycles. The summed E-state index contributed by atoms with van der Waals surface area (Å²) < 4.78 is 15.6. The zero-order valence-electron chi connectivity index (χ0n) is 17.9. The molecule has 7 nitrogen and oxygen atoms in total. The van der Waals surface area contributed by atoms with E-state index < -0.39 is 11.9 Å². The molecule has 1 atom stereocenters. The third-order valence-corrected chi connectivity index (χ3v) is 5.33. The lowest BCUT2D eigenvalue weighted by molar-refractivity contribution is -0.146. The molecular formula is C24H24O7. The maximum absolute atomic E-state index is 13.3. The van der Waals surface area contributed by atoms with Gasteiger partial charge < -0.3 is 14.2 Å². The van der Waals surface area contributed by atoms with Crippen LogP contribution in [-0.2, 0) is 20.7 Å². The molecule has 0 saturated carbocycles. The number of rotatable bonds is 8. The molecule has 3 rings (SSSR count). The summed E-state index contributed by atoms with van der Waals surface area (Å²) in [6, 6.07) is 8.12. The summed E-state index contributed by atoms with van der Waals surface area (Å²) >= 11 is 0. The van der Waals surface area contributed by atoms with E-state index in [1.807, 2.05) is 0 Å². The quantitative estimate of drug-likeness (QED) is 0.405. The Morgan fingerprint density at radius 2 is 1.61 bits per heavy atom. The molecule has 0 fully saturated rings. The summed E-state index contributed by atoms with van der Waals surface area (Å²) in [6.07, 6.45) is -0.0615. The van der Waals surface area contributed by atoms with Crippen LogP contribution in [0.1, 0.15) is 57.7 Å². The predicted octanol–water partition coefficient (Wildman–Crippen LogP) is 3.18. The van der Waals surface area contributed by atoms with Gasteiger partial charge in [-0.05, 0) is 31.0 Å². The standard InChI is InChI=1S/C24H24O7/c1-5-31-19(26)12-17(25)13(2)11-14-9-10-16-21(24(14)30-4)23(28)15-7-6-8-18(29-3)20(15)22(16)27/h6-10,13H,5,11-12H2,1-4H3. The number of benzene rings is 2. The van der Waals surface area contributed by atoms with E-state index in [1.54, 1.807) is 44.2 Å². The van der Waals surface area contributed by atoms with Crippen LogP contribution < -0.4 is 9.47 Å². The number of methoxy groups -OCH3 is 2. The molecule has 1 aliphatic rings. The summed E-state index contributed by atoms with van der Waals surface area (Å²) in [5.41, 5.74) is 1.50. The van der Waals surface area contributed by atoms with Gasteiger partial charge in [0.1, 0.15) is 23.7 Å². The highest BCUT2D eigenvalue weighted by molar-refractivity contribution is 6.30. The topological polar surface area (TPSA) is 96.0 Å². The Balaban J connectivity index is 1.97. The summed E-state index contributed by atoms with van der Waals surface area (Å²) in [5.74, 6) is -1.40. The van der Waals surface area contributed by atoms with Gasteiger partial charge in [0.15, 0.2) is 11.6 Å². The van der Waals surface area contributed by atoms with E-state index in [9.17, 15) is 19.2 Å². The van der Waals surface area contributed by atoms with E-state index in [0.29, 0.717) is 11.3 Å². The fraction of sp³-hybridized carbons (Fsp3) is 0.333. The van der Waals surface area contributed by atoms with E-state index in [0.717, 1.165) is 0 Å². The number of Topliss-reactive ketones (excluding diaryl/α,β-unsaturated/α-hetero) is 1. The molecule has 7 heteroatoms. The molecule has 0 amide bonds. The zero-order valence-corrected chi connectivity index (χ0v) is 17.9. The van der Waals surface area contributed by atoms with Crippen LogP contribution in [0, 0.1) is 5.92 Å². The van der Waals surface area contributed by atoms with Crippen LogP contribution in [0.4, 0.5) is 0 Å². The van der Waals surface area contributed by atoms with E-state index in [-0.39, 0.29) is 64.8 Å². The van der Waals surface area contributed by atoms with E-state index in [4.69, 9.17) is 14.2 Å². The Morgan fingerprint density at radius 1 is 0.935 bits per heavy atom. The molecule has 0 spiro atoms. The van der Waals surface area contributed by atoms with Gasteiger partial charge in [-0.3, -0.25) is 19.2 Å². The minimum Gasteiger partial charge on any atom is -0.496 e. The highest BCUT2D eigenvalue weighted by Gasteiger charge is 2.35. The van der Waals surface area contributed by atoms with Gasteiger partial charge >= 0.3 is 5.97 Å². The van der Waals surface area contributed by atoms with Gasteiger partial charge in [-0.15, -0.1) is 0 Å². The lowest BCUT2D eigenvalue weighted by Crippen LogP contribution is -2.24. The van der Waals surface area contributed by atoms with Crippen molar-refractivity contribution in [2.75, 3.05) is 20.8 Å². The molecule has 0 bridgehead atoms. The molecule has 162 valence electrons. The first-order valence-electron chi connectivity index (χ1n) is 9.98. The van der Waals surface area contributed by atoms with Crippen molar-refractivity contribution in [1.29, 1.82) is 0 Å². The van der Waals surface area contributed by atoms with Crippen LogP contribution in [0.5, 0.6) is 11.5 Å². The van der Waals surface area contributed by atoms with Crippen molar-refractivity contribution in [1.82, 2.24) is 0 Å². The van der Waals surface area contributed by atoms with Gasteiger partial charge in [0.2, 0.25) is 0 Å². The van der Waals surface area contributed by atoms with E-state index >= 15 is 0 Å². The molecule has 0 radical (unpaired) electrons. The Labute approximate surface area is 180 Å². The van der Waals surface area contributed by atoms with Crippen molar-refractivity contribution in [2.24, 2.45) is 5.92 Å². The number of hydrogen-bond acceptors (Lipinski definition) is 7. The first-order chi connectivity index (χ1) is 14.8. The number of ketones is 3. The first kappa shape index (κ1) is 22.2.